The fourth-order valence-electron chi connectivity index (χ4n) is 3.55. The van der Waals surface area contributed by atoms with Gasteiger partial charge in [0.2, 0.25) is 0 Å². The molecule has 1 aliphatic carbocycles. The molecule has 126 valence electrons. The van der Waals surface area contributed by atoms with Crippen LogP contribution in [0.15, 0.2) is 48.5 Å². The molecule has 0 N–H and O–H groups in total. The topological polar surface area (TPSA) is 26.3 Å². The van der Waals surface area contributed by atoms with E-state index in [1.807, 2.05) is 55.5 Å². The molecule has 24 heavy (non-hydrogen) atoms. The summed E-state index contributed by atoms with van der Waals surface area (Å²) in [4.78, 5) is 12.5. The van der Waals surface area contributed by atoms with Gasteiger partial charge in [-0.3, -0.25) is 4.79 Å². The van der Waals surface area contributed by atoms with Crippen LogP contribution in [0.25, 0.3) is 0 Å². The van der Waals surface area contributed by atoms with Crippen LogP contribution in [0.1, 0.15) is 60.0 Å². The van der Waals surface area contributed by atoms with Gasteiger partial charge in [0.15, 0.2) is 5.78 Å². The summed E-state index contributed by atoms with van der Waals surface area (Å²) in [5.74, 6) is 1.86. The minimum atomic E-state index is 0.272. The third kappa shape index (κ3) is 4.47. The first-order valence-corrected chi connectivity index (χ1v) is 9.03. The SMILES string of the molecule is Cc1cc(OCc2ccccc2)ccc1C(=O)CCC1CCCC1. The van der Waals surface area contributed by atoms with Crippen molar-refractivity contribution in [3.63, 3.8) is 0 Å². The zero-order chi connectivity index (χ0) is 16.8. The average molecular weight is 322 g/mol. The van der Waals surface area contributed by atoms with E-state index in [2.05, 4.69) is 0 Å². The largest absolute Gasteiger partial charge is 0.489 e. The molecule has 2 aromatic rings. The lowest BCUT2D eigenvalue weighted by Gasteiger charge is -2.11. The molecule has 3 rings (SSSR count). The van der Waals surface area contributed by atoms with Gasteiger partial charge >= 0.3 is 0 Å². The van der Waals surface area contributed by atoms with Gasteiger partial charge in [-0.2, -0.15) is 0 Å². The van der Waals surface area contributed by atoms with Crippen molar-refractivity contribution in [3.05, 3.63) is 65.2 Å². The first-order chi connectivity index (χ1) is 11.7. The molecule has 0 heterocycles. The molecule has 1 saturated carbocycles. The summed E-state index contributed by atoms with van der Waals surface area (Å²) >= 11 is 0. The Hall–Kier alpha value is -2.09. The van der Waals surface area contributed by atoms with Crippen molar-refractivity contribution in [2.45, 2.75) is 52.1 Å². The molecule has 0 radical (unpaired) electrons. The summed E-state index contributed by atoms with van der Waals surface area (Å²) in [5, 5.41) is 0. The van der Waals surface area contributed by atoms with Crippen molar-refractivity contribution in [1.29, 1.82) is 0 Å². The van der Waals surface area contributed by atoms with Crippen molar-refractivity contribution >= 4 is 5.78 Å². The van der Waals surface area contributed by atoms with E-state index in [1.165, 1.54) is 25.7 Å². The monoisotopic (exact) mass is 322 g/mol. The van der Waals surface area contributed by atoms with Crippen LogP contribution in [-0.4, -0.2) is 5.78 Å². The number of hydrogen-bond acceptors (Lipinski definition) is 2. The van der Waals surface area contributed by atoms with E-state index in [9.17, 15) is 4.79 Å². The second-order valence-electron chi connectivity index (χ2n) is 6.86. The Morgan fingerprint density at radius 2 is 1.83 bits per heavy atom. The maximum atomic E-state index is 12.5. The molecule has 0 atom stereocenters. The van der Waals surface area contributed by atoms with Gasteiger partial charge in [0, 0.05) is 12.0 Å². The predicted octanol–water partition coefficient (Wildman–Crippen LogP) is 5.73. The number of benzene rings is 2. The molecular weight excluding hydrogens is 296 g/mol. The minimum Gasteiger partial charge on any atom is -0.489 e. The molecule has 0 bridgehead atoms. The van der Waals surface area contributed by atoms with Gasteiger partial charge in [0.25, 0.3) is 0 Å². The van der Waals surface area contributed by atoms with Gasteiger partial charge in [-0.05, 0) is 48.6 Å². The molecule has 2 heteroatoms. The Bertz CT molecular complexity index is 670. The van der Waals surface area contributed by atoms with Crippen LogP contribution < -0.4 is 4.74 Å². The second-order valence-corrected chi connectivity index (χ2v) is 6.86. The summed E-state index contributed by atoms with van der Waals surface area (Å²) in [6.07, 6.45) is 7.01. The third-order valence-electron chi connectivity index (χ3n) is 5.00. The van der Waals surface area contributed by atoms with Crippen LogP contribution in [0.5, 0.6) is 5.75 Å². The van der Waals surface area contributed by atoms with Crippen molar-refractivity contribution in [2.24, 2.45) is 5.92 Å². The summed E-state index contributed by atoms with van der Waals surface area (Å²) in [7, 11) is 0. The smallest absolute Gasteiger partial charge is 0.163 e. The van der Waals surface area contributed by atoms with E-state index in [0.717, 1.165) is 34.8 Å². The van der Waals surface area contributed by atoms with Crippen LogP contribution >= 0.6 is 0 Å². The third-order valence-corrected chi connectivity index (χ3v) is 5.00. The molecule has 0 aromatic heterocycles. The minimum absolute atomic E-state index is 0.272. The van der Waals surface area contributed by atoms with E-state index in [1.54, 1.807) is 0 Å². The molecule has 0 amide bonds. The molecule has 2 nitrogen and oxygen atoms in total. The van der Waals surface area contributed by atoms with E-state index < -0.39 is 0 Å². The maximum absolute atomic E-state index is 12.5. The highest BCUT2D eigenvalue weighted by atomic mass is 16.5. The predicted molar refractivity (Wildman–Crippen MR) is 97.5 cm³/mol. The van der Waals surface area contributed by atoms with Crippen molar-refractivity contribution in [3.8, 4) is 5.75 Å². The van der Waals surface area contributed by atoms with Crippen LogP contribution in [-0.2, 0) is 6.61 Å². The molecular formula is C22H26O2. The Morgan fingerprint density at radius 1 is 1.08 bits per heavy atom. The zero-order valence-corrected chi connectivity index (χ0v) is 14.5. The van der Waals surface area contributed by atoms with Crippen molar-refractivity contribution in [1.82, 2.24) is 0 Å². The lowest BCUT2D eigenvalue weighted by atomic mass is 9.95. The van der Waals surface area contributed by atoms with Crippen molar-refractivity contribution in [2.75, 3.05) is 0 Å². The second kappa shape index (κ2) is 8.14. The summed E-state index contributed by atoms with van der Waals surface area (Å²) in [6, 6.07) is 15.9. The highest BCUT2D eigenvalue weighted by Gasteiger charge is 2.17. The van der Waals surface area contributed by atoms with E-state index in [4.69, 9.17) is 4.74 Å². The molecule has 0 saturated heterocycles. The Kier molecular flexibility index (Phi) is 5.68. The number of ketones is 1. The lowest BCUT2D eigenvalue weighted by Crippen LogP contribution is -2.05. The molecule has 0 unspecified atom stereocenters. The number of ether oxygens (including phenoxy) is 1. The molecule has 1 aliphatic rings. The van der Waals surface area contributed by atoms with E-state index >= 15 is 0 Å². The number of hydrogen-bond donors (Lipinski definition) is 0. The summed E-state index contributed by atoms with van der Waals surface area (Å²) < 4.78 is 5.84. The van der Waals surface area contributed by atoms with Gasteiger partial charge in [-0.15, -0.1) is 0 Å². The lowest BCUT2D eigenvalue weighted by molar-refractivity contribution is 0.0973. The normalized spacial score (nSPS) is 14.7. The highest BCUT2D eigenvalue weighted by molar-refractivity contribution is 5.97. The van der Waals surface area contributed by atoms with E-state index in [-0.39, 0.29) is 5.78 Å². The zero-order valence-electron chi connectivity index (χ0n) is 14.5. The first-order valence-electron chi connectivity index (χ1n) is 9.03. The molecule has 0 spiro atoms. The number of Topliss-reactive ketones (excluding diaryl/α,β-unsaturated/α-hetero) is 1. The van der Waals surface area contributed by atoms with Gasteiger partial charge in [-0.1, -0.05) is 56.0 Å². The summed E-state index contributed by atoms with van der Waals surface area (Å²) in [6.45, 7) is 2.55. The van der Waals surface area contributed by atoms with Crippen LogP contribution in [0.3, 0.4) is 0 Å². The average Bonchev–Trinajstić information content (AvgIpc) is 3.12. The fraction of sp³-hybridized carbons (Fsp3) is 0.409. The number of aryl methyl sites for hydroxylation is 1. The van der Waals surface area contributed by atoms with Gasteiger partial charge in [-0.25, -0.2) is 0 Å². The van der Waals surface area contributed by atoms with Crippen molar-refractivity contribution < 1.29 is 9.53 Å². The quantitative estimate of drug-likeness (QED) is 0.609. The van der Waals surface area contributed by atoms with Gasteiger partial charge in [0.1, 0.15) is 12.4 Å². The number of carbonyl (C=O) groups is 1. The summed E-state index contributed by atoms with van der Waals surface area (Å²) in [5.41, 5.74) is 3.00. The fourth-order valence-corrected chi connectivity index (χ4v) is 3.55. The molecule has 0 aliphatic heterocycles. The van der Waals surface area contributed by atoms with Gasteiger partial charge < -0.3 is 4.74 Å². The molecule has 2 aromatic carbocycles. The Labute approximate surface area is 144 Å². The molecule has 1 fully saturated rings. The number of rotatable bonds is 7. The standard InChI is InChI=1S/C22H26O2/c1-17-15-20(24-16-19-9-3-2-4-10-19)12-13-21(17)22(23)14-11-18-7-5-6-8-18/h2-4,9-10,12-13,15,18H,5-8,11,14,16H2,1H3. The first kappa shape index (κ1) is 16.8. The van der Waals surface area contributed by atoms with Crippen LogP contribution in [0, 0.1) is 12.8 Å². The maximum Gasteiger partial charge on any atom is 0.163 e. The Morgan fingerprint density at radius 3 is 2.54 bits per heavy atom. The highest BCUT2D eigenvalue weighted by Crippen LogP contribution is 2.29. The van der Waals surface area contributed by atoms with Crippen LogP contribution in [0.4, 0.5) is 0 Å². The van der Waals surface area contributed by atoms with E-state index in [0.29, 0.717) is 13.0 Å². The van der Waals surface area contributed by atoms with Gasteiger partial charge in [0.05, 0.1) is 0 Å². The number of carbonyl (C=O) groups excluding carboxylic acids is 1. The Balaban J connectivity index is 1.56. The van der Waals surface area contributed by atoms with Crippen LogP contribution in [0.2, 0.25) is 0 Å².